The van der Waals surface area contributed by atoms with Crippen LogP contribution < -0.4 is 19.6 Å². The maximum absolute atomic E-state index is 14.0. The molecule has 1 aliphatic rings. The smallest absolute Gasteiger partial charge is 0.274 e. The van der Waals surface area contributed by atoms with E-state index in [-0.39, 0.29) is 17.3 Å². The lowest BCUT2D eigenvalue weighted by Gasteiger charge is -2.30. The molecule has 0 bridgehead atoms. The van der Waals surface area contributed by atoms with E-state index in [0.717, 1.165) is 39.0 Å². The molecule has 0 unspecified atom stereocenters. The summed E-state index contributed by atoms with van der Waals surface area (Å²) < 4.78 is 28.4. The van der Waals surface area contributed by atoms with Crippen molar-refractivity contribution in [3.63, 3.8) is 0 Å². The zero-order chi connectivity index (χ0) is 27.2. The first-order valence-electron chi connectivity index (χ1n) is 13.0. The third kappa shape index (κ3) is 4.06. The van der Waals surface area contributed by atoms with Gasteiger partial charge in [0.2, 0.25) is 0 Å². The van der Waals surface area contributed by atoms with Crippen molar-refractivity contribution in [1.29, 1.82) is 0 Å². The van der Waals surface area contributed by atoms with E-state index in [1.807, 2.05) is 85.8 Å². The van der Waals surface area contributed by atoms with Crippen molar-refractivity contribution in [1.82, 2.24) is 9.38 Å². The van der Waals surface area contributed by atoms with Crippen molar-refractivity contribution in [2.75, 3.05) is 6.61 Å². The number of ether oxygens (including phenoxy) is 2. The average Bonchev–Trinajstić information content (AvgIpc) is 3.49. The van der Waals surface area contributed by atoms with Crippen LogP contribution in [0, 0.1) is 5.82 Å². The maximum atomic E-state index is 14.0. The Morgan fingerprint density at radius 1 is 0.975 bits per heavy atom. The third-order valence-electron chi connectivity index (χ3n) is 7.08. The lowest BCUT2D eigenvalue weighted by molar-refractivity contribution is 0.340. The number of benzene rings is 4. The number of halogens is 1. The van der Waals surface area contributed by atoms with E-state index in [0.29, 0.717) is 27.6 Å². The first-order chi connectivity index (χ1) is 19.6. The normalized spacial score (nSPS) is 15.4. The summed E-state index contributed by atoms with van der Waals surface area (Å²) in [6.45, 7) is 2.51. The molecule has 1 atom stereocenters. The molecule has 2 aromatic heterocycles. The summed E-state index contributed by atoms with van der Waals surface area (Å²) in [5, 5.41) is 0. The molecule has 40 heavy (non-hydrogen) atoms. The van der Waals surface area contributed by atoms with Gasteiger partial charge < -0.3 is 9.47 Å². The molecule has 0 N–H and O–H groups in total. The second-order valence-corrected chi connectivity index (χ2v) is 10.5. The predicted octanol–water partition coefficient (Wildman–Crippen LogP) is 6.58. The Morgan fingerprint density at radius 3 is 2.52 bits per heavy atom. The van der Waals surface area contributed by atoms with E-state index in [2.05, 4.69) is 4.98 Å². The Balaban J connectivity index is 1.51. The van der Waals surface area contributed by atoms with E-state index >= 15 is 0 Å². The van der Waals surface area contributed by atoms with Gasteiger partial charge in [0.15, 0.2) is 4.96 Å². The highest BCUT2D eigenvalue weighted by Crippen LogP contribution is 2.46. The average molecular weight is 547 g/mol. The number of nitrogens with zero attached hydrogens (tertiary/aromatic N) is 2. The van der Waals surface area contributed by atoms with Crippen molar-refractivity contribution in [2.24, 2.45) is 0 Å². The molecule has 1 aliphatic heterocycles. The minimum Gasteiger partial charge on any atom is -0.494 e. The highest BCUT2D eigenvalue weighted by molar-refractivity contribution is 7.15. The zero-order valence-electron chi connectivity index (χ0n) is 21.5. The maximum Gasteiger partial charge on any atom is 0.274 e. The fourth-order valence-electron chi connectivity index (χ4n) is 5.29. The van der Waals surface area contributed by atoms with Crippen molar-refractivity contribution >= 4 is 39.2 Å². The van der Waals surface area contributed by atoms with Crippen molar-refractivity contribution < 1.29 is 13.9 Å². The molecule has 5 nitrogen and oxygen atoms in total. The molecule has 7 heteroatoms. The van der Waals surface area contributed by atoms with Crippen LogP contribution in [0.3, 0.4) is 0 Å². The summed E-state index contributed by atoms with van der Waals surface area (Å²) >= 11 is 1.34. The van der Waals surface area contributed by atoms with Crippen LogP contribution in [0.2, 0.25) is 0 Å². The van der Waals surface area contributed by atoms with Gasteiger partial charge in [0.05, 0.1) is 22.2 Å². The van der Waals surface area contributed by atoms with Crippen LogP contribution in [-0.2, 0) is 0 Å². The van der Waals surface area contributed by atoms with Crippen LogP contribution in [0.4, 0.5) is 4.39 Å². The second-order valence-electron chi connectivity index (χ2n) is 9.50. The SMILES string of the molecule is CCOc1ccc(C2=C(/C=c3/sc4nc5ccccc5n4c3=O)[C@@H](c3ccc(F)cc3)c3ccccc3O2)cc1. The van der Waals surface area contributed by atoms with Gasteiger partial charge in [0.25, 0.3) is 5.56 Å². The molecule has 0 radical (unpaired) electrons. The van der Waals surface area contributed by atoms with Gasteiger partial charge in [-0.3, -0.25) is 4.79 Å². The van der Waals surface area contributed by atoms with E-state index in [1.165, 1.54) is 23.5 Å². The van der Waals surface area contributed by atoms with Gasteiger partial charge in [-0.05, 0) is 73.2 Å². The monoisotopic (exact) mass is 546 g/mol. The number of imidazole rings is 1. The van der Waals surface area contributed by atoms with Gasteiger partial charge in [0.1, 0.15) is 23.1 Å². The number of allylic oxidation sites excluding steroid dienone is 1. The summed E-state index contributed by atoms with van der Waals surface area (Å²) in [6.07, 6.45) is 1.91. The number of aromatic nitrogens is 2. The van der Waals surface area contributed by atoms with Crippen LogP contribution in [0.25, 0.3) is 27.8 Å². The predicted molar refractivity (Wildman–Crippen MR) is 156 cm³/mol. The van der Waals surface area contributed by atoms with Crippen LogP contribution in [0.1, 0.15) is 29.5 Å². The number of hydrogen-bond acceptors (Lipinski definition) is 5. The number of thiazole rings is 1. The summed E-state index contributed by atoms with van der Waals surface area (Å²) in [5.74, 6) is 1.51. The zero-order valence-corrected chi connectivity index (χ0v) is 22.3. The first kappa shape index (κ1) is 24.3. The summed E-state index contributed by atoms with van der Waals surface area (Å²) in [5.41, 5.74) is 4.91. The Kier molecular flexibility index (Phi) is 5.94. The highest BCUT2D eigenvalue weighted by atomic mass is 32.1. The van der Waals surface area contributed by atoms with Gasteiger partial charge in [0, 0.05) is 22.6 Å². The van der Waals surface area contributed by atoms with Gasteiger partial charge in [-0.1, -0.05) is 53.8 Å². The molecule has 6 aromatic rings. The highest BCUT2D eigenvalue weighted by Gasteiger charge is 2.31. The fourth-order valence-corrected chi connectivity index (χ4v) is 6.27. The van der Waals surface area contributed by atoms with E-state index in [4.69, 9.17) is 9.47 Å². The quantitative estimate of drug-likeness (QED) is 0.245. The summed E-state index contributed by atoms with van der Waals surface area (Å²) in [6, 6.07) is 29.7. The first-order valence-corrected chi connectivity index (χ1v) is 13.8. The molecule has 4 aromatic carbocycles. The van der Waals surface area contributed by atoms with E-state index in [9.17, 15) is 9.18 Å². The van der Waals surface area contributed by atoms with Crippen molar-refractivity contribution in [2.45, 2.75) is 12.8 Å². The number of fused-ring (bicyclic) bond motifs is 4. The molecule has 3 heterocycles. The van der Waals surface area contributed by atoms with Crippen LogP contribution in [0.5, 0.6) is 11.5 Å². The topological polar surface area (TPSA) is 52.8 Å². The lowest BCUT2D eigenvalue weighted by atomic mass is 9.81. The molecule has 0 amide bonds. The molecule has 0 saturated carbocycles. The van der Waals surface area contributed by atoms with Gasteiger partial charge >= 0.3 is 0 Å². The molecule has 7 rings (SSSR count). The van der Waals surface area contributed by atoms with Gasteiger partial charge in [-0.2, -0.15) is 0 Å². The van der Waals surface area contributed by atoms with E-state index in [1.54, 1.807) is 16.5 Å². The Labute approximate surface area is 233 Å². The van der Waals surface area contributed by atoms with Gasteiger partial charge in [-0.25, -0.2) is 13.8 Å². The number of para-hydroxylation sites is 3. The molecule has 196 valence electrons. The van der Waals surface area contributed by atoms with Crippen molar-refractivity contribution in [3.05, 3.63) is 140 Å². The lowest BCUT2D eigenvalue weighted by Crippen LogP contribution is -2.24. The fraction of sp³-hybridized carbons (Fsp3) is 0.0909. The van der Waals surface area contributed by atoms with Crippen LogP contribution in [0.15, 0.2) is 107 Å². The minimum absolute atomic E-state index is 0.135. The molecule has 0 fully saturated rings. The Hall–Kier alpha value is -4.75. The molecule has 0 aliphatic carbocycles. The van der Waals surface area contributed by atoms with Crippen molar-refractivity contribution in [3.8, 4) is 11.5 Å². The molecule has 0 saturated heterocycles. The molecular weight excluding hydrogens is 523 g/mol. The summed E-state index contributed by atoms with van der Waals surface area (Å²) in [7, 11) is 0. The Bertz CT molecular complexity index is 2030. The summed E-state index contributed by atoms with van der Waals surface area (Å²) in [4.78, 5) is 19.1. The largest absolute Gasteiger partial charge is 0.494 e. The number of rotatable bonds is 5. The van der Waals surface area contributed by atoms with Crippen LogP contribution >= 0.6 is 11.3 Å². The standard InChI is InChI=1S/C33H23FN2O3S/c1-2-38-23-17-13-21(14-18-23)31-25(19-29-32(37)36-27-9-5-4-8-26(27)35-33(36)40-29)30(20-11-15-22(34)16-12-20)24-7-3-6-10-28(24)39-31/h3-19,30H,2H2,1H3/b29-19+/t30-/m0/s1. The third-order valence-corrected chi connectivity index (χ3v) is 8.05. The second kappa shape index (κ2) is 9.77. The van der Waals surface area contributed by atoms with Gasteiger partial charge in [-0.15, -0.1) is 0 Å². The van der Waals surface area contributed by atoms with E-state index < -0.39 is 0 Å². The number of hydrogen-bond donors (Lipinski definition) is 0. The minimum atomic E-state index is -0.307. The van der Waals surface area contributed by atoms with Crippen LogP contribution in [-0.4, -0.2) is 16.0 Å². The molecule has 0 spiro atoms. The molecular formula is C33H23FN2O3S. The Morgan fingerprint density at radius 2 is 1.73 bits per heavy atom.